The van der Waals surface area contributed by atoms with Crippen LogP contribution in [0.1, 0.15) is 5.82 Å². The fraction of sp³-hybridized carbons (Fsp3) is 0.167. The van der Waals surface area contributed by atoms with Crippen LogP contribution in [0, 0.1) is 10.1 Å². The average Bonchev–Trinajstić information content (AvgIpc) is 3.18. The number of imidazole rings is 1. The molecule has 33 heavy (non-hydrogen) atoms. The Kier molecular flexibility index (Phi) is 6.79. The highest BCUT2D eigenvalue weighted by atomic mass is 16.6. The number of aromatic nitrogens is 2. The van der Waals surface area contributed by atoms with Crippen molar-refractivity contribution < 1.29 is 14.5 Å². The number of nitrogens with one attached hydrogen (secondary N) is 2. The lowest BCUT2D eigenvalue weighted by Gasteiger charge is -2.12. The highest BCUT2D eigenvalue weighted by molar-refractivity contribution is 5.81. The molecule has 0 atom stereocenters. The van der Waals surface area contributed by atoms with E-state index in [2.05, 4.69) is 15.6 Å². The van der Waals surface area contributed by atoms with Crippen LogP contribution in [0.5, 0.6) is 5.75 Å². The maximum atomic E-state index is 12.6. The lowest BCUT2D eigenvalue weighted by Crippen LogP contribution is -2.32. The summed E-state index contributed by atoms with van der Waals surface area (Å²) in [7, 11) is 0. The first-order chi connectivity index (χ1) is 16.1. The van der Waals surface area contributed by atoms with Crippen molar-refractivity contribution in [3.8, 4) is 5.75 Å². The molecule has 9 heteroatoms. The number of hydrogen-bond donors (Lipinski definition) is 2. The molecule has 0 unspecified atom stereocenters. The van der Waals surface area contributed by atoms with Crippen molar-refractivity contribution in [3.05, 3.63) is 94.8 Å². The van der Waals surface area contributed by atoms with Crippen LogP contribution < -0.4 is 15.4 Å². The van der Waals surface area contributed by atoms with Gasteiger partial charge in [0.05, 0.1) is 16.0 Å². The smallest absolute Gasteiger partial charge is 0.292 e. The minimum absolute atomic E-state index is 0.00299. The first-order valence-corrected chi connectivity index (χ1v) is 10.5. The largest absolute Gasteiger partial charge is 0.486 e. The second kappa shape index (κ2) is 10.3. The Morgan fingerprint density at radius 3 is 2.52 bits per heavy atom. The number of carbonyl (C=O) groups is 1. The Bertz CT molecular complexity index is 1260. The quantitative estimate of drug-likeness (QED) is 0.218. The van der Waals surface area contributed by atoms with Gasteiger partial charge in [-0.1, -0.05) is 42.5 Å². The van der Waals surface area contributed by atoms with Gasteiger partial charge in [0.25, 0.3) is 5.69 Å². The highest BCUT2D eigenvalue weighted by Crippen LogP contribution is 2.22. The molecule has 0 saturated heterocycles. The van der Waals surface area contributed by atoms with Crippen LogP contribution in [0.15, 0.2) is 78.9 Å². The van der Waals surface area contributed by atoms with Crippen molar-refractivity contribution in [1.82, 2.24) is 14.9 Å². The van der Waals surface area contributed by atoms with Gasteiger partial charge >= 0.3 is 0 Å². The van der Waals surface area contributed by atoms with Crippen molar-refractivity contribution in [2.24, 2.45) is 0 Å². The summed E-state index contributed by atoms with van der Waals surface area (Å²) in [5.41, 5.74) is 2.04. The number of rotatable bonds is 10. The SMILES string of the molecule is O=C(Cn1c(COc2ccccc2)nc2ccccc21)NCCNc1ccccc1[N+](=O)[O-]. The zero-order valence-corrected chi connectivity index (χ0v) is 17.8. The van der Waals surface area contributed by atoms with Crippen LogP contribution in [-0.2, 0) is 17.9 Å². The topological polar surface area (TPSA) is 111 Å². The molecule has 2 N–H and O–H groups in total. The monoisotopic (exact) mass is 445 g/mol. The van der Waals surface area contributed by atoms with Gasteiger partial charge in [-0.2, -0.15) is 0 Å². The number of carbonyl (C=O) groups excluding carboxylic acids is 1. The van der Waals surface area contributed by atoms with E-state index in [1.807, 2.05) is 59.2 Å². The van der Waals surface area contributed by atoms with Crippen LogP contribution in [0.25, 0.3) is 11.0 Å². The average molecular weight is 445 g/mol. The number of anilines is 1. The standard InChI is InChI=1S/C24H23N5O4/c30-24(26-15-14-25-19-10-4-7-13-22(19)29(31)32)16-28-21-12-6-5-11-20(21)27-23(28)17-33-18-8-2-1-3-9-18/h1-13,25H,14-17H2,(H,26,30). The van der Waals surface area contributed by atoms with Crippen LogP contribution in [0.2, 0.25) is 0 Å². The molecule has 0 fully saturated rings. The number of amides is 1. The second-order valence-electron chi connectivity index (χ2n) is 7.26. The second-order valence-corrected chi connectivity index (χ2v) is 7.26. The molecule has 3 aromatic carbocycles. The first-order valence-electron chi connectivity index (χ1n) is 10.5. The number of para-hydroxylation sites is 5. The van der Waals surface area contributed by atoms with Crippen molar-refractivity contribution >= 4 is 28.3 Å². The molecule has 0 bridgehead atoms. The van der Waals surface area contributed by atoms with Crippen LogP contribution >= 0.6 is 0 Å². The maximum Gasteiger partial charge on any atom is 0.292 e. The lowest BCUT2D eigenvalue weighted by molar-refractivity contribution is -0.384. The van der Waals surface area contributed by atoms with E-state index in [1.165, 1.54) is 6.07 Å². The molecule has 4 rings (SSSR count). The Balaban J connectivity index is 1.37. The molecule has 1 amide bonds. The summed E-state index contributed by atoms with van der Waals surface area (Å²) in [5.74, 6) is 1.18. The molecular formula is C24H23N5O4. The van der Waals surface area contributed by atoms with Gasteiger partial charge in [0, 0.05) is 19.2 Å². The molecule has 0 spiro atoms. The van der Waals surface area contributed by atoms with Crippen LogP contribution in [-0.4, -0.2) is 33.5 Å². The zero-order valence-electron chi connectivity index (χ0n) is 17.8. The first kappa shape index (κ1) is 21.8. The summed E-state index contributed by atoms with van der Waals surface area (Å²) in [5, 5.41) is 16.9. The van der Waals surface area contributed by atoms with E-state index in [0.29, 0.717) is 24.6 Å². The number of benzene rings is 3. The molecular weight excluding hydrogens is 422 g/mol. The van der Waals surface area contributed by atoms with Gasteiger partial charge in [0.1, 0.15) is 30.4 Å². The molecule has 0 aliphatic carbocycles. The fourth-order valence-corrected chi connectivity index (χ4v) is 3.46. The van der Waals surface area contributed by atoms with Crippen LogP contribution in [0.3, 0.4) is 0 Å². The highest BCUT2D eigenvalue weighted by Gasteiger charge is 2.15. The number of nitro groups is 1. The number of ether oxygens (including phenoxy) is 1. The summed E-state index contributed by atoms with van der Waals surface area (Å²) in [6.07, 6.45) is 0. The van der Waals surface area contributed by atoms with Gasteiger partial charge in [0.15, 0.2) is 0 Å². The Morgan fingerprint density at radius 1 is 0.970 bits per heavy atom. The predicted octanol–water partition coefficient (Wildman–Crippen LogP) is 3.75. The molecule has 1 aromatic heterocycles. The van der Waals surface area contributed by atoms with Gasteiger partial charge in [-0.3, -0.25) is 14.9 Å². The molecule has 4 aromatic rings. The van der Waals surface area contributed by atoms with Crippen molar-refractivity contribution in [1.29, 1.82) is 0 Å². The minimum atomic E-state index is -0.440. The van der Waals surface area contributed by atoms with E-state index in [0.717, 1.165) is 16.8 Å². The molecule has 0 aliphatic heterocycles. The summed E-state index contributed by atoms with van der Waals surface area (Å²) in [6, 6.07) is 23.4. The van der Waals surface area contributed by atoms with E-state index in [4.69, 9.17) is 4.74 Å². The molecule has 168 valence electrons. The third-order valence-corrected chi connectivity index (χ3v) is 5.01. The van der Waals surface area contributed by atoms with Gasteiger partial charge < -0.3 is 19.9 Å². The van der Waals surface area contributed by atoms with Crippen molar-refractivity contribution in [2.75, 3.05) is 18.4 Å². The van der Waals surface area contributed by atoms with Crippen molar-refractivity contribution in [3.63, 3.8) is 0 Å². The summed E-state index contributed by atoms with van der Waals surface area (Å²) >= 11 is 0. The van der Waals surface area contributed by atoms with Gasteiger partial charge in [-0.05, 0) is 30.3 Å². The lowest BCUT2D eigenvalue weighted by atomic mass is 10.2. The zero-order chi connectivity index (χ0) is 23.0. The number of nitro benzene ring substituents is 1. The van der Waals surface area contributed by atoms with Gasteiger partial charge in [-0.25, -0.2) is 4.98 Å². The van der Waals surface area contributed by atoms with E-state index < -0.39 is 4.92 Å². The van der Waals surface area contributed by atoms with E-state index >= 15 is 0 Å². The van der Waals surface area contributed by atoms with Crippen LogP contribution in [0.4, 0.5) is 11.4 Å². The summed E-state index contributed by atoms with van der Waals surface area (Å²) in [6.45, 7) is 0.975. The molecule has 1 heterocycles. The minimum Gasteiger partial charge on any atom is -0.486 e. The van der Waals surface area contributed by atoms with E-state index in [-0.39, 0.29) is 24.7 Å². The number of fused-ring (bicyclic) bond motifs is 1. The Hall–Kier alpha value is -4.40. The third kappa shape index (κ3) is 5.45. The number of hydrogen-bond acceptors (Lipinski definition) is 6. The van der Waals surface area contributed by atoms with Gasteiger partial charge in [-0.15, -0.1) is 0 Å². The molecule has 0 saturated carbocycles. The molecule has 0 radical (unpaired) electrons. The van der Waals surface area contributed by atoms with Gasteiger partial charge in [0.2, 0.25) is 5.91 Å². The normalized spacial score (nSPS) is 10.7. The molecule has 9 nitrogen and oxygen atoms in total. The Labute approximate surface area is 190 Å². The van der Waals surface area contributed by atoms with E-state index in [9.17, 15) is 14.9 Å². The maximum absolute atomic E-state index is 12.6. The fourth-order valence-electron chi connectivity index (χ4n) is 3.46. The third-order valence-electron chi connectivity index (χ3n) is 5.01. The van der Waals surface area contributed by atoms with E-state index in [1.54, 1.807) is 18.2 Å². The Morgan fingerprint density at radius 2 is 1.70 bits per heavy atom. The predicted molar refractivity (Wildman–Crippen MR) is 125 cm³/mol. The van der Waals surface area contributed by atoms with Crippen molar-refractivity contribution in [2.45, 2.75) is 13.2 Å². The number of nitrogens with zero attached hydrogens (tertiary/aromatic N) is 3. The molecule has 0 aliphatic rings. The summed E-state index contributed by atoms with van der Waals surface area (Å²) < 4.78 is 7.68. The summed E-state index contributed by atoms with van der Waals surface area (Å²) in [4.78, 5) is 27.9.